The molecule has 9 rings (SSSR count). The number of rotatable bonds is 2. The highest BCUT2D eigenvalue weighted by Crippen LogP contribution is 2.59. The van der Waals surface area contributed by atoms with E-state index in [1.165, 1.54) is 21.9 Å². The van der Waals surface area contributed by atoms with Crippen molar-refractivity contribution in [1.82, 2.24) is 9.97 Å². The zero-order chi connectivity index (χ0) is 24.5. The maximum atomic E-state index is 6.20. The van der Waals surface area contributed by atoms with Crippen LogP contribution in [-0.2, 0) is 5.41 Å². The monoisotopic (exact) mass is 479 g/mol. The van der Waals surface area contributed by atoms with Crippen molar-refractivity contribution in [1.29, 1.82) is 0 Å². The van der Waals surface area contributed by atoms with Gasteiger partial charge in [0.05, 0.1) is 22.4 Å². The average molecular weight is 480 g/mol. The molecule has 6 heteroatoms. The van der Waals surface area contributed by atoms with Crippen molar-refractivity contribution in [3.05, 3.63) is 113 Å². The predicted octanol–water partition coefficient (Wildman–Crippen LogP) is 4.29. The van der Waals surface area contributed by atoms with Gasteiger partial charge in [0.1, 0.15) is 5.69 Å². The van der Waals surface area contributed by atoms with Gasteiger partial charge in [-0.3, -0.25) is 0 Å². The smallest absolute Gasteiger partial charge is 0.232 e. The molecule has 0 spiro atoms. The zero-order valence-corrected chi connectivity index (χ0v) is 19.8. The van der Waals surface area contributed by atoms with Crippen LogP contribution in [0.3, 0.4) is 0 Å². The largest absolute Gasteiger partial charge is 0.399 e. The molecule has 1 unspecified atom stereocenters. The molecule has 1 aromatic heterocycles. The van der Waals surface area contributed by atoms with Crippen LogP contribution in [0.1, 0.15) is 39.7 Å². The first-order valence-electron chi connectivity index (χ1n) is 12.6. The van der Waals surface area contributed by atoms with Crippen molar-refractivity contribution in [3.8, 4) is 0 Å². The second kappa shape index (κ2) is 6.23. The number of nitrogen functional groups attached to an aromatic ring is 2. The van der Waals surface area contributed by atoms with Crippen LogP contribution in [0.25, 0.3) is 27.9 Å². The van der Waals surface area contributed by atoms with Gasteiger partial charge >= 0.3 is 0 Å². The van der Waals surface area contributed by atoms with Gasteiger partial charge in [-0.25, -0.2) is 4.99 Å². The fraction of sp³-hybridized carbons (Fsp3) is 0.0645. The molecule has 0 amide bonds. The van der Waals surface area contributed by atoms with E-state index in [0.717, 1.165) is 62.0 Å². The highest BCUT2D eigenvalue weighted by atomic mass is 15.1. The van der Waals surface area contributed by atoms with Crippen LogP contribution in [0.15, 0.2) is 78.9 Å². The Morgan fingerprint density at radius 2 is 1.49 bits per heavy atom. The van der Waals surface area contributed by atoms with E-state index in [0.29, 0.717) is 0 Å². The van der Waals surface area contributed by atoms with Crippen LogP contribution < -0.4 is 21.8 Å². The van der Waals surface area contributed by atoms with Crippen molar-refractivity contribution >= 4 is 56.3 Å². The summed E-state index contributed by atoms with van der Waals surface area (Å²) in [6, 6.07) is 25.6. The third kappa shape index (κ3) is 2.16. The third-order valence-corrected chi connectivity index (χ3v) is 8.54. The van der Waals surface area contributed by atoms with Crippen LogP contribution in [0, 0.1) is 0 Å². The van der Waals surface area contributed by atoms with Crippen molar-refractivity contribution in [2.45, 2.75) is 11.5 Å². The molecule has 0 radical (unpaired) electrons. The van der Waals surface area contributed by atoms with Crippen LogP contribution in [0.2, 0.25) is 0 Å². The first-order chi connectivity index (χ1) is 18.1. The summed E-state index contributed by atoms with van der Waals surface area (Å²) in [7, 11) is 0. The minimum absolute atomic E-state index is 0.0345. The standard InChI is InChI=1S/C31H22N6/c32-17-8-4-15(5-9-17)31(16-6-10-18(33)11-7-16)19-2-1-3-20-25(19)26-23-14-24-28(27(26)31)35-22-13-12-21(34-20)29(36-23)30(22)37-24/h1-14,30,34,36-37H,32-33H2/p+1. The van der Waals surface area contributed by atoms with Gasteiger partial charge < -0.3 is 26.8 Å². The van der Waals surface area contributed by atoms with Crippen molar-refractivity contribution in [2.75, 3.05) is 16.8 Å². The van der Waals surface area contributed by atoms with E-state index >= 15 is 0 Å². The SMILES string of the molecule is Nc1ccc(C2(c3ccc(N)cc3)c3cccc4[nH]c5c6[nH]c7cc8c(c2c7c34)[NH+]=C(C=C5)C6N8)cc1. The quantitative estimate of drug-likeness (QED) is 0.209. The Morgan fingerprint density at radius 1 is 0.757 bits per heavy atom. The van der Waals surface area contributed by atoms with Crippen molar-refractivity contribution < 1.29 is 4.99 Å². The maximum Gasteiger partial charge on any atom is 0.232 e. The second-order valence-corrected chi connectivity index (χ2v) is 10.4. The Bertz CT molecular complexity index is 1920. The van der Waals surface area contributed by atoms with Crippen molar-refractivity contribution in [2.24, 2.45) is 0 Å². The molecule has 1 atom stereocenters. The molecule has 4 aromatic carbocycles. The number of aromatic nitrogens is 2. The van der Waals surface area contributed by atoms with Gasteiger partial charge in [-0.2, -0.15) is 0 Å². The van der Waals surface area contributed by atoms with Crippen LogP contribution >= 0.6 is 0 Å². The number of fused-ring (bicyclic) bond motifs is 1. The Balaban J connectivity index is 1.61. The number of hydrogen-bond donors (Lipinski definition) is 6. The van der Waals surface area contributed by atoms with Gasteiger partial charge in [0.15, 0.2) is 6.04 Å². The fourth-order valence-corrected chi connectivity index (χ4v) is 7.04. The molecule has 4 aliphatic rings. The highest BCUT2D eigenvalue weighted by Gasteiger charge is 2.51. The molecule has 8 N–H and O–H groups in total. The van der Waals surface area contributed by atoms with E-state index in [9.17, 15) is 0 Å². The second-order valence-electron chi connectivity index (χ2n) is 10.4. The first-order valence-corrected chi connectivity index (χ1v) is 12.6. The lowest BCUT2D eigenvalue weighted by molar-refractivity contribution is -0.356. The molecule has 2 aliphatic heterocycles. The van der Waals surface area contributed by atoms with Crippen molar-refractivity contribution in [3.63, 3.8) is 0 Å². The summed E-state index contributed by atoms with van der Waals surface area (Å²) in [5, 5.41) is 6.27. The molecular weight excluding hydrogens is 456 g/mol. The Labute approximate surface area is 212 Å². The molecular formula is C31H23N6+. The van der Waals surface area contributed by atoms with E-state index in [-0.39, 0.29) is 6.04 Å². The van der Waals surface area contributed by atoms with Crippen LogP contribution in [0.5, 0.6) is 0 Å². The molecule has 0 fully saturated rings. The molecule has 0 saturated carbocycles. The summed E-state index contributed by atoms with van der Waals surface area (Å²) < 4.78 is 0. The van der Waals surface area contributed by atoms with E-state index in [2.05, 4.69) is 81.0 Å². The molecule has 2 aliphatic carbocycles. The topological polar surface area (TPSA) is 110 Å². The molecule has 4 bridgehead atoms. The van der Waals surface area contributed by atoms with Gasteiger partial charge in [0, 0.05) is 39.3 Å². The van der Waals surface area contributed by atoms with E-state index < -0.39 is 5.41 Å². The number of benzene rings is 4. The average Bonchev–Trinajstić information content (AvgIpc) is 3.12. The number of H-pyrrole nitrogens is 2. The first kappa shape index (κ1) is 19.2. The molecule has 3 heterocycles. The van der Waals surface area contributed by atoms with E-state index in [1.54, 1.807) is 0 Å². The minimum Gasteiger partial charge on any atom is -0.399 e. The summed E-state index contributed by atoms with van der Waals surface area (Å²) >= 11 is 0. The van der Waals surface area contributed by atoms with Crippen LogP contribution in [-0.4, -0.2) is 15.7 Å². The number of aromatic amines is 2. The minimum atomic E-state index is -0.587. The Morgan fingerprint density at radius 3 is 2.22 bits per heavy atom. The molecule has 0 saturated heterocycles. The van der Waals surface area contributed by atoms with Gasteiger partial charge in [0.25, 0.3) is 0 Å². The Hall–Kier alpha value is -4.97. The number of anilines is 3. The molecule has 37 heavy (non-hydrogen) atoms. The summed E-state index contributed by atoms with van der Waals surface area (Å²) in [6.07, 6.45) is 4.34. The van der Waals surface area contributed by atoms with Crippen LogP contribution in [0.4, 0.5) is 22.7 Å². The summed E-state index contributed by atoms with van der Waals surface area (Å²) in [4.78, 5) is 11.5. The molecule has 176 valence electrons. The van der Waals surface area contributed by atoms with Gasteiger partial charge in [-0.05, 0) is 59.2 Å². The molecule has 5 aromatic rings. The summed E-state index contributed by atoms with van der Waals surface area (Å²) in [6.45, 7) is 0. The number of nitrogens with two attached hydrogens (primary N) is 2. The summed E-state index contributed by atoms with van der Waals surface area (Å²) in [5.74, 6) is 0. The zero-order valence-electron chi connectivity index (χ0n) is 19.8. The normalized spacial score (nSPS) is 18.2. The fourth-order valence-electron chi connectivity index (χ4n) is 7.04. The third-order valence-electron chi connectivity index (χ3n) is 8.54. The lowest BCUT2D eigenvalue weighted by Gasteiger charge is -2.35. The Kier molecular flexibility index (Phi) is 3.24. The van der Waals surface area contributed by atoms with Gasteiger partial charge in [0.2, 0.25) is 11.4 Å². The molecule has 6 nitrogen and oxygen atoms in total. The lowest BCUT2D eigenvalue weighted by Crippen LogP contribution is -2.71. The highest BCUT2D eigenvalue weighted by molar-refractivity contribution is 6.18. The van der Waals surface area contributed by atoms with E-state index in [1.807, 2.05) is 24.3 Å². The van der Waals surface area contributed by atoms with Gasteiger partial charge in [-0.1, -0.05) is 36.4 Å². The number of hydrogen-bond acceptors (Lipinski definition) is 3. The van der Waals surface area contributed by atoms with E-state index in [4.69, 9.17) is 11.5 Å². The number of nitrogens with one attached hydrogen (secondary N) is 4. The maximum absolute atomic E-state index is 6.20. The lowest BCUT2D eigenvalue weighted by atomic mass is 9.66. The predicted molar refractivity (Wildman–Crippen MR) is 150 cm³/mol. The van der Waals surface area contributed by atoms with Gasteiger partial charge in [-0.15, -0.1) is 0 Å². The summed E-state index contributed by atoms with van der Waals surface area (Å²) in [5.41, 5.74) is 25.9.